The summed E-state index contributed by atoms with van der Waals surface area (Å²) in [5.74, 6) is -3.53. The summed E-state index contributed by atoms with van der Waals surface area (Å²) in [4.78, 5) is 21.3. The lowest BCUT2D eigenvalue weighted by atomic mass is 10.1. The van der Waals surface area contributed by atoms with Crippen LogP contribution in [0.15, 0.2) is 23.7 Å². The second kappa shape index (κ2) is 14.0. The fourth-order valence-corrected chi connectivity index (χ4v) is 2.35. The van der Waals surface area contributed by atoms with Gasteiger partial charge in [0.25, 0.3) is 0 Å². The minimum Gasteiger partial charge on any atom is -0.510 e. The van der Waals surface area contributed by atoms with E-state index in [1.54, 1.807) is 27.7 Å². The van der Waals surface area contributed by atoms with Crippen molar-refractivity contribution < 1.29 is 59.2 Å². The molecule has 32 heavy (non-hydrogen) atoms. The van der Waals surface area contributed by atoms with E-state index >= 15 is 0 Å². The predicted octanol–water partition coefficient (Wildman–Crippen LogP) is 1.32. The molecule has 0 saturated carbocycles. The lowest BCUT2D eigenvalue weighted by Crippen LogP contribution is -2.44. The van der Waals surface area contributed by atoms with Crippen molar-refractivity contribution in [1.29, 1.82) is 0 Å². The summed E-state index contributed by atoms with van der Waals surface area (Å²) < 4.78 is 20.1. The Morgan fingerprint density at radius 3 is 1.78 bits per heavy atom. The van der Waals surface area contributed by atoms with Gasteiger partial charge in [-0.15, -0.1) is 0 Å². The molecule has 0 aromatic rings. The van der Waals surface area contributed by atoms with E-state index in [9.17, 15) is 30.0 Å². The van der Waals surface area contributed by atoms with Gasteiger partial charge in [0.2, 0.25) is 6.10 Å². The van der Waals surface area contributed by atoms with Crippen LogP contribution in [0.3, 0.4) is 0 Å². The summed E-state index contributed by atoms with van der Waals surface area (Å²) in [7, 11) is 0. The lowest BCUT2D eigenvalue weighted by Gasteiger charge is -2.30. The Bertz CT molecular complexity index is 657. The SMILES string of the molecule is C.C.CC(C)O[C@@H]1OC(C(=O)O)C(O)=CC1O.CC(C)O[C@@H]1OC(C(=O)O)C=C(O)C1O. The molecule has 12 heteroatoms. The van der Waals surface area contributed by atoms with Gasteiger partial charge in [-0.1, -0.05) is 14.9 Å². The van der Waals surface area contributed by atoms with Crippen LogP contribution in [-0.2, 0) is 28.5 Å². The van der Waals surface area contributed by atoms with Crippen LogP contribution in [0.1, 0.15) is 42.5 Å². The van der Waals surface area contributed by atoms with E-state index < -0.39 is 60.5 Å². The highest BCUT2D eigenvalue weighted by atomic mass is 16.7. The van der Waals surface area contributed by atoms with Gasteiger partial charge in [0.1, 0.15) is 17.6 Å². The molecule has 2 heterocycles. The smallest absolute Gasteiger partial charge is 0.340 e. The maximum absolute atomic E-state index is 10.6. The fraction of sp³-hybridized carbons (Fsp3) is 0.700. The van der Waals surface area contributed by atoms with Crippen LogP contribution >= 0.6 is 0 Å². The van der Waals surface area contributed by atoms with Gasteiger partial charge in [0.05, 0.1) is 12.2 Å². The van der Waals surface area contributed by atoms with Crippen LogP contribution in [0, 0.1) is 0 Å². The first kappa shape index (κ1) is 32.0. The molecule has 188 valence electrons. The van der Waals surface area contributed by atoms with Gasteiger partial charge < -0.3 is 49.6 Å². The molecular weight excluding hydrogens is 432 g/mol. The summed E-state index contributed by atoms with van der Waals surface area (Å²) in [6.45, 7) is 6.87. The maximum Gasteiger partial charge on any atom is 0.340 e. The Morgan fingerprint density at radius 1 is 0.844 bits per heavy atom. The summed E-state index contributed by atoms with van der Waals surface area (Å²) in [6.07, 6.45) is -6.01. The molecule has 0 saturated heterocycles. The molecule has 0 aromatic carbocycles. The normalized spacial score (nSPS) is 29.5. The second-order valence-corrected chi connectivity index (χ2v) is 6.97. The molecule has 0 bridgehead atoms. The summed E-state index contributed by atoms with van der Waals surface area (Å²) >= 11 is 0. The number of rotatable bonds is 6. The van der Waals surface area contributed by atoms with Crippen molar-refractivity contribution in [3.63, 3.8) is 0 Å². The zero-order valence-corrected chi connectivity index (χ0v) is 16.9. The monoisotopic (exact) mass is 468 g/mol. The standard InChI is InChI=1S/2C9H14O6.2CH4/c1-4(2)14-9-6(11)3-5(10)7(15-9)8(12)13;1-4(2)14-9-7(11)5(10)3-6(15-9)8(12)13;;/h2*3-4,6-7,9-11H,1-2H3,(H,12,13);2*1H4/t2*6?,7?,9-;;/m11../s1. The van der Waals surface area contributed by atoms with Crippen molar-refractivity contribution in [2.45, 2.75) is 91.8 Å². The van der Waals surface area contributed by atoms with Crippen LogP contribution in [0.5, 0.6) is 0 Å². The average Bonchev–Trinajstić information content (AvgIpc) is 2.60. The summed E-state index contributed by atoms with van der Waals surface area (Å²) in [6, 6.07) is 0. The van der Waals surface area contributed by atoms with E-state index in [-0.39, 0.29) is 27.1 Å². The zero-order valence-electron chi connectivity index (χ0n) is 16.9. The Hall–Kier alpha value is -2.22. The molecule has 0 fully saturated rings. The highest BCUT2D eigenvalue weighted by molar-refractivity contribution is 5.76. The first-order valence-corrected chi connectivity index (χ1v) is 9.08. The van der Waals surface area contributed by atoms with Gasteiger partial charge in [0.15, 0.2) is 24.8 Å². The molecule has 2 aliphatic heterocycles. The van der Waals surface area contributed by atoms with E-state index in [0.29, 0.717) is 0 Å². The number of aliphatic hydroxyl groups is 4. The number of hydrogen-bond donors (Lipinski definition) is 6. The molecule has 0 aliphatic carbocycles. The fourth-order valence-electron chi connectivity index (χ4n) is 2.35. The molecule has 6 N–H and O–H groups in total. The first-order valence-electron chi connectivity index (χ1n) is 9.08. The quantitative estimate of drug-likeness (QED) is 0.328. The summed E-state index contributed by atoms with van der Waals surface area (Å²) in [5, 5.41) is 54.7. The molecule has 6 atom stereocenters. The van der Waals surface area contributed by atoms with Gasteiger partial charge in [-0.05, 0) is 39.8 Å². The van der Waals surface area contributed by atoms with Crippen LogP contribution in [0.2, 0.25) is 0 Å². The van der Waals surface area contributed by atoms with Gasteiger partial charge in [-0.3, -0.25) is 0 Å². The largest absolute Gasteiger partial charge is 0.510 e. The Morgan fingerprint density at radius 2 is 1.34 bits per heavy atom. The highest BCUT2D eigenvalue weighted by Gasteiger charge is 2.37. The maximum atomic E-state index is 10.6. The van der Waals surface area contributed by atoms with E-state index in [4.69, 9.17) is 29.2 Å². The third kappa shape index (κ3) is 9.51. The number of aliphatic carboxylic acids is 2. The Kier molecular flexibility index (Phi) is 14.0. The Balaban J connectivity index is 0. The van der Waals surface area contributed by atoms with Gasteiger partial charge in [-0.25, -0.2) is 9.59 Å². The van der Waals surface area contributed by atoms with Gasteiger partial charge in [-0.2, -0.15) is 0 Å². The molecule has 2 aliphatic rings. The average molecular weight is 468 g/mol. The zero-order chi connectivity index (χ0) is 23.2. The second-order valence-electron chi connectivity index (χ2n) is 6.97. The van der Waals surface area contributed by atoms with Crippen LogP contribution in [0.25, 0.3) is 0 Å². The topological polar surface area (TPSA) is 192 Å². The molecule has 0 amide bonds. The van der Waals surface area contributed by atoms with Crippen molar-refractivity contribution in [3.05, 3.63) is 23.7 Å². The van der Waals surface area contributed by atoms with Crippen molar-refractivity contribution in [1.82, 2.24) is 0 Å². The van der Waals surface area contributed by atoms with Crippen LogP contribution in [-0.4, -0.2) is 91.8 Å². The van der Waals surface area contributed by atoms with E-state index in [1.165, 1.54) is 0 Å². The van der Waals surface area contributed by atoms with E-state index in [2.05, 4.69) is 0 Å². The molecule has 0 spiro atoms. The van der Waals surface area contributed by atoms with Crippen molar-refractivity contribution in [3.8, 4) is 0 Å². The van der Waals surface area contributed by atoms with Crippen LogP contribution in [0.4, 0.5) is 0 Å². The van der Waals surface area contributed by atoms with Crippen molar-refractivity contribution >= 4 is 11.9 Å². The minimum atomic E-state index is -1.47. The minimum absolute atomic E-state index is 0. The number of aliphatic hydroxyl groups excluding tert-OH is 4. The predicted molar refractivity (Wildman–Crippen MR) is 112 cm³/mol. The summed E-state index contributed by atoms with van der Waals surface area (Å²) in [5.41, 5.74) is 0. The molecule has 12 nitrogen and oxygen atoms in total. The van der Waals surface area contributed by atoms with Crippen LogP contribution < -0.4 is 0 Å². The van der Waals surface area contributed by atoms with Crippen molar-refractivity contribution in [2.75, 3.05) is 0 Å². The number of carbonyl (C=O) groups is 2. The molecular formula is C20H36O12. The molecule has 4 unspecified atom stereocenters. The van der Waals surface area contributed by atoms with Gasteiger partial charge >= 0.3 is 11.9 Å². The number of ether oxygens (including phenoxy) is 4. The number of carboxylic acids is 2. The van der Waals surface area contributed by atoms with Crippen molar-refractivity contribution in [2.24, 2.45) is 0 Å². The third-order valence-electron chi connectivity index (χ3n) is 3.60. The number of hydrogen-bond acceptors (Lipinski definition) is 10. The van der Waals surface area contributed by atoms with E-state index in [1.807, 2.05) is 0 Å². The Labute approximate surface area is 187 Å². The molecule has 2 rings (SSSR count). The number of carboxylic acid groups (broad SMARTS) is 2. The van der Waals surface area contributed by atoms with Gasteiger partial charge in [0, 0.05) is 0 Å². The third-order valence-corrected chi connectivity index (χ3v) is 3.60. The van der Waals surface area contributed by atoms with E-state index in [0.717, 1.165) is 12.2 Å². The highest BCUT2D eigenvalue weighted by Crippen LogP contribution is 2.21. The molecule has 0 aromatic heterocycles. The first-order chi connectivity index (χ1) is 13.8. The molecule has 0 radical (unpaired) electrons. The lowest BCUT2D eigenvalue weighted by molar-refractivity contribution is -0.231.